The maximum Gasteiger partial charge on any atom is 0.141 e. The molecule has 0 aliphatic carbocycles. The SMILES string of the molecule is CC(C)Cn1ncnc1CN1CCN(CCCl)CC1. The molecule has 0 aromatic carbocycles. The molecule has 2 rings (SSSR count). The first-order valence-corrected chi connectivity index (χ1v) is 7.60. The Morgan fingerprint density at radius 2 is 1.89 bits per heavy atom. The van der Waals surface area contributed by atoms with Gasteiger partial charge in [-0.1, -0.05) is 13.8 Å². The van der Waals surface area contributed by atoms with E-state index in [4.69, 9.17) is 11.6 Å². The summed E-state index contributed by atoms with van der Waals surface area (Å²) >= 11 is 5.78. The van der Waals surface area contributed by atoms with Crippen LogP contribution in [0.15, 0.2) is 6.33 Å². The highest BCUT2D eigenvalue weighted by Gasteiger charge is 2.18. The van der Waals surface area contributed by atoms with Gasteiger partial charge in [-0.3, -0.25) is 9.80 Å². The first-order valence-electron chi connectivity index (χ1n) is 7.06. The molecule has 0 spiro atoms. The Bertz CT molecular complexity index is 371. The molecule has 1 fully saturated rings. The largest absolute Gasteiger partial charge is 0.300 e. The third-order valence-corrected chi connectivity index (χ3v) is 3.63. The van der Waals surface area contributed by atoms with Crippen molar-refractivity contribution in [3.05, 3.63) is 12.2 Å². The minimum atomic E-state index is 0.598. The fourth-order valence-corrected chi connectivity index (χ4v) is 2.64. The number of hydrogen-bond acceptors (Lipinski definition) is 4. The van der Waals surface area contributed by atoms with Crippen LogP contribution in [-0.2, 0) is 13.1 Å². The van der Waals surface area contributed by atoms with Gasteiger partial charge in [-0.2, -0.15) is 5.10 Å². The van der Waals surface area contributed by atoms with Crippen molar-refractivity contribution in [1.29, 1.82) is 0 Å². The van der Waals surface area contributed by atoms with Crippen molar-refractivity contribution < 1.29 is 0 Å². The van der Waals surface area contributed by atoms with Gasteiger partial charge >= 0.3 is 0 Å². The van der Waals surface area contributed by atoms with Crippen molar-refractivity contribution in [3.8, 4) is 0 Å². The quantitative estimate of drug-likeness (QED) is 0.738. The van der Waals surface area contributed by atoms with Gasteiger partial charge in [0, 0.05) is 45.1 Å². The molecule has 2 heterocycles. The average Bonchev–Trinajstić information content (AvgIpc) is 2.79. The second-order valence-electron chi connectivity index (χ2n) is 5.56. The molecule has 0 N–H and O–H groups in total. The summed E-state index contributed by atoms with van der Waals surface area (Å²) < 4.78 is 2.04. The van der Waals surface area contributed by atoms with E-state index in [2.05, 4.69) is 33.7 Å². The molecule has 108 valence electrons. The normalized spacial score (nSPS) is 18.3. The summed E-state index contributed by atoms with van der Waals surface area (Å²) in [7, 11) is 0. The van der Waals surface area contributed by atoms with Crippen LogP contribution < -0.4 is 0 Å². The number of piperazine rings is 1. The fraction of sp³-hybridized carbons (Fsp3) is 0.846. The van der Waals surface area contributed by atoms with Crippen LogP contribution in [0, 0.1) is 5.92 Å². The lowest BCUT2D eigenvalue weighted by atomic mass is 10.2. The molecular weight excluding hydrogens is 262 g/mol. The molecule has 1 aromatic heterocycles. The minimum absolute atomic E-state index is 0.598. The standard InChI is InChI=1S/C13H24ClN5/c1-12(2)9-19-13(15-11-16-19)10-18-7-5-17(4-3-14)6-8-18/h11-12H,3-10H2,1-2H3. The third-order valence-electron chi connectivity index (χ3n) is 3.46. The molecule has 0 bridgehead atoms. The predicted octanol–water partition coefficient (Wildman–Crippen LogP) is 1.29. The van der Waals surface area contributed by atoms with Crippen LogP contribution >= 0.6 is 11.6 Å². The zero-order valence-corrected chi connectivity index (χ0v) is 12.7. The second kappa shape index (κ2) is 7.22. The van der Waals surface area contributed by atoms with Gasteiger partial charge in [-0.25, -0.2) is 9.67 Å². The van der Waals surface area contributed by atoms with Crippen molar-refractivity contribution >= 4 is 11.6 Å². The van der Waals surface area contributed by atoms with E-state index in [-0.39, 0.29) is 0 Å². The van der Waals surface area contributed by atoms with Gasteiger partial charge in [0.05, 0.1) is 6.54 Å². The van der Waals surface area contributed by atoms with Crippen LogP contribution in [0.4, 0.5) is 0 Å². The van der Waals surface area contributed by atoms with Crippen molar-refractivity contribution in [2.24, 2.45) is 5.92 Å². The molecule has 19 heavy (non-hydrogen) atoms. The van der Waals surface area contributed by atoms with E-state index in [1.807, 2.05) is 4.68 Å². The highest BCUT2D eigenvalue weighted by molar-refractivity contribution is 6.18. The summed E-state index contributed by atoms with van der Waals surface area (Å²) in [5, 5.41) is 4.32. The van der Waals surface area contributed by atoms with Crippen molar-refractivity contribution in [2.45, 2.75) is 26.9 Å². The summed E-state index contributed by atoms with van der Waals surface area (Å²) in [5.41, 5.74) is 0. The molecule has 1 aromatic rings. The highest BCUT2D eigenvalue weighted by Crippen LogP contribution is 2.08. The summed E-state index contributed by atoms with van der Waals surface area (Å²) in [6.45, 7) is 11.6. The Balaban J connectivity index is 1.84. The zero-order chi connectivity index (χ0) is 13.7. The van der Waals surface area contributed by atoms with Crippen molar-refractivity contribution in [2.75, 3.05) is 38.6 Å². The molecule has 0 unspecified atom stereocenters. The maximum atomic E-state index is 5.78. The first-order chi connectivity index (χ1) is 9.19. The molecule has 0 amide bonds. The number of hydrogen-bond donors (Lipinski definition) is 0. The van der Waals surface area contributed by atoms with Gasteiger partial charge in [0.2, 0.25) is 0 Å². The fourth-order valence-electron chi connectivity index (χ4n) is 2.40. The smallest absolute Gasteiger partial charge is 0.141 e. The molecule has 1 aliphatic heterocycles. The van der Waals surface area contributed by atoms with E-state index < -0.39 is 0 Å². The van der Waals surface area contributed by atoms with Gasteiger partial charge < -0.3 is 0 Å². The summed E-state index contributed by atoms with van der Waals surface area (Å²) in [5.74, 6) is 2.41. The molecule has 0 atom stereocenters. The van der Waals surface area contributed by atoms with E-state index in [1.54, 1.807) is 6.33 Å². The Morgan fingerprint density at radius 1 is 1.21 bits per heavy atom. The zero-order valence-electron chi connectivity index (χ0n) is 11.9. The Hall–Kier alpha value is -0.650. The molecule has 1 saturated heterocycles. The molecule has 0 saturated carbocycles. The topological polar surface area (TPSA) is 37.2 Å². The van der Waals surface area contributed by atoms with Gasteiger partial charge in [0.1, 0.15) is 12.2 Å². The van der Waals surface area contributed by atoms with Crippen LogP contribution in [0.25, 0.3) is 0 Å². The number of aromatic nitrogens is 3. The lowest BCUT2D eigenvalue weighted by molar-refractivity contribution is 0.128. The molecule has 6 heteroatoms. The van der Waals surface area contributed by atoms with Crippen LogP contribution in [-0.4, -0.2) is 63.2 Å². The van der Waals surface area contributed by atoms with E-state index in [1.165, 1.54) is 0 Å². The van der Waals surface area contributed by atoms with Crippen LogP contribution in [0.5, 0.6) is 0 Å². The van der Waals surface area contributed by atoms with Crippen LogP contribution in [0.1, 0.15) is 19.7 Å². The summed E-state index contributed by atoms with van der Waals surface area (Å²) in [4.78, 5) is 9.26. The lowest BCUT2D eigenvalue weighted by Gasteiger charge is -2.34. The predicted molar refractivity (Wildman–Crippen MR) is 77.3 cm³/mol. The van der Waals surface area contributed by atoms with Gasteiger partial charge in [0.25, 0.3) is 0 Å². The van der Waals surface area contributed by atoms with E-state index in [0.717, 1.165) is 57.5 Å². The second-order valence-corrected chi connectivity index (χ2v) is 5.94. The highest BCUT2D eigenvalue weighted by atomic mass is 35.5. The van der Waals surface area contributed by atoms with Crippen molar-refractivity contribution in [1.82, 2.24) is 24.6 Å². The third kappa shape index (κ3) is 4.44. The van der Waals surface area contributed by atoms with E-state index in [9.17, 15) is 0 Å². The number of rotatable bonds is 6. The molecule has 5 nitrogen and oxygen atoms in total. The van der Waals surface area contributed by atoms with E-state index >= 15 is 0 Å². The molecular formula is C13H24ClN5. The average molecular weight is 286 g/mol. The minimum Gasteiger partial charge on any atom is -0.300 e. The summed E-state index contributed by atoms with van der Waals surface area (Å²) in [6.07, 6.45) is 1.67. The van der Waals surface area contributed by atoms with Gasteiger partial charge in [-0.05, 0) is 5.92 Å². The Kier molecular flexibility index (Phi) is 5.60. The molecule has 0 radical (unpaired) electrons. The van der Waals surface area contributed by atoms with E-state index in [0.29, 0.717) is 5.92 Å². The van der Waals surface area contributed by atoms with Crippen LogP contribution in [0.2, 0.25) is 0 Å². The van der Waals surface area contributed by atoms with Gasteiger partial charge in [0.15, 0.2) is 0 Å². The number of nitrogens with zero attached hydrogens (tertiary/aromatic N) is 5. The Morgan fingerprint density at radius 3 is 2.53 bits per heavy atom. The Labute approximate surface area is 120 Å². The first kappa shape index (κ1) is 14.8. The number of alkyl halides is 1. The lowest BCUT2D eigenvalue weighted by Crippen LogP contribution is -2.46. The maximum absolute atomic E-state index is 5.78. The van der Waals surface area contributed by atoms with Crippen molar-refractivity contribution in [3.63, 3.8) is 0 Å². The van der Waals surface area contributed by atoms with Crippen LogP contribution in [0.3, 0.4) is 0 Å². The van der Waals surface area contributed by atoms with Gasteiger partial charge in [-0.15, -0.1) is 11.6 Å². The number of halogens is 1. The summed E-state index contributed by atoms with van der Waals surface area (Å²) in [6, 6.07) is 0. The molecule has 1 aliphatic rings. The monoisotopic (exact) mass is 285 g/mol.